The molecule has 0 bridgehead atoms. The lowest BCUT2D eigenvalue weighted by Crippen LogP contribution is -1.94. The summed E-state index contributed by atoms with van der Waals surface area (Å²) in [7, 11) is 3.21. The highest BCUT2D eigenvalue weighted by Gasteiger charge is 2.10. The van der Waals surface area contributed by atoms with Crippen molar-refractivity contribution in [2.24, 2.45) is 0 Å². The molecular formula is C21H17NO2. The van der Waals surface area contributed by atoms with E-state index in [9.17, 15) is 5.26 Å². The molecule has 0 spiro atoms. The second-order valence-electron chi connectivity index (χ2n) is 5.32. The average Bonchev–Trinajstić information content (AvgIpc) is 2.65. The van der Waals surface area contributed by atoms with Crippen LogP contribution in [0.1, 0.15) is 11.1 Å². The van der Waals surface area contributed by atoms with E-state index < -0.39 is 0 Å². The van der Waals surface area contributed by atoms with Crippen molar-refractivity contribution in [2.45, 2.75) is 0 Å². The maximum atomic E-state index is 9.22. The molecule has 0 amide bonds. The quantitative estimate of drug-likeness (QED) is 0.649. The third-order valence-electron chi connectivity index (χ3n) is 3.96. The van der Waals surface area contributed by atoms with Gasteiger partial charge in [0, 0.05) is 6.08 Å². The number of allylic oxidation sites excluding steroid dienone is 1. The molecule has 3 nitrogen and oxygen atoms in total. The summed E-state index contributed by atoms with van der Waals surface area (Å²) in [5.74, 6) is 1.30. The van der Waals surface area contributed by atoms with Gasteiger partial charge in [-0.15, -0.1) is 0 Å². The lowest BCUT2D eigenvalue weighted by molar-refractivity contribution is 0.355. The van der Waals surface area contributed by atoms with Crippen LogP contribution in [0.4, 0.5) is 0 Å². The van der Waals surface area contributed by atoms with E-state index in [0.717, 1.165) is 22.1 Å². The molecule has 0 aromatic heterocycles. The van der Waals surface area contributed by atoms with Crippen molar-refractivity contribution in [2.75, 3.05) is 14.2 Å². The molecule has 0 saturated carbocycles. The summed E-state index contributed by atoms with van der Waals surface area (Å²) in [6.45, 7) is 0. The fourth-order valence-corrected chi connectivity index (χ4v) is 2.76. The van der Waals surface area contributed by atoms with Crippen LogP contribution in [0.5, 0.6) is 11.5 Å². The number of ether oxygens (including phenoxy) is 2. The molecular weight excluding hydrogens is 298 g/mol. The monoisotopic (exact) mass is 315 g/mol. The highest BCUT2D eigenvalue weighted by molar-refractivity contribution is 5.90. The Labute approximate surface area is 141 Å². The standard InChI is InChI=1S/C21H17NO2/c1-23-20-10-9-18(14-21(20)24-2)19(11-12-22)17-8-7-15-5-3-4-6-16(15)13-17/h3-11,13-14H,1-2H3. The normalized spacial score (nSPS) is 11.1. The molecule has 0 atom stereocenters. The van der Waals surface area contributed by atoms with E-state index in [1.54, 1.807) is 20.3 Å². The summed E-state index contributed by atoms with van der Waals surface area (Å²) in [5.41, 5.74) is 2.75. The van der Waals surface area contributed by atoms with Gasteiger partial charge in [0.05, 0.1) is 20.3 Å². The lowest BCUT2D eigenvalue weighted by atomic mass is 9.95. The summed E-state index contributed by atoms with van der Waals surface area (Å²) < 4.78 is 10.7. The first kappa shape index (κ1) is 15.6. The second-order valence-corrected chi connectivity index (χ2v) is 5.32. The Morgan fingerprint density at radius 2 is 1.50 bits per heavy atom. The predicted octanol–water partition coefficient (Wildman–Crippen LogP) is 4.81. The summed E-state index contributed by atoms with van der Waals surface area (Å²) in [6, 6.07) is 22.2. The number of fused-ring (bicyclic) bond motifs is 1. The zero-order chi connectivity index (χ0) is 16.9. The zero-order valence-electron chi connectivity index (χ0n) is 13.6. The molecule has 0 fully saturated rings. The molecule has 0 aliphatic rings. The molecule has 24 heavy (non-hydrogen) atoms. The third kappa shape index (κ3) is 2.95. The van der Waals surface area contributed by atoms with Crippen molar-refractivity contribution in [3.8, 4) is 17.6 Å². The third-order valence-corrected chi connectivity index (χ3v) is 3.96. The van der Waals surface area contributed by atoms with Crippen LogP contribution in [0.3, 0.4) is 0 Å². The lowest BCUT2D eigenvalue weighted by Gasteiger charge is -2.12. The van der Waals surface area contributed by atoms with E-state index in [0.29, 0.717) is 11.5 Å². The topological polar surface area (TPSA) is 42.2 Å². The van der Waals surface area contributed by atoms with Crippen LogP contribution >= 0.6 is 0 Å². The fourth-order valence-electron chi connectivity index (χ4n) is 2.76. The van der Waals surface area contributed by atoms with Gasteiger partial charge in [-0.05, 0) is 45.7 Å². The molecule has 0 radical (unpaired) electrons. The van der Waals surface area contributed by atoms with Crippen molar-refractivity contribution in [1.82, 2.24) is 0 Å². The highest BCUT2D eigenvalue weighted by Crippen LogP contribution is 2.33. The van der Waals surface area contributed by atoms with Gasteiger partial charge in [-0.3, -0.25) is 0 Å². The Morgan fingerprint density at radius 1 is 0.833 bits per heavy atom. The molecule has 3 aromatic carbocycles. The first-order valence-corrected chi connectivity index (χ1v) is 7.58. The minimum Gasteiger partial charge on any atom is -0.493 e. The van der Waals surface area contributed by atoms with Crippen LogP contribution in [0.25, 0.3) is 16.3 Å². The summed E-state index contributed by atoms with van der Waals surface area (Å²) >= 11 is 0. The molecule has 0 aliphatic carbocycles. The maximum Gasteiger partial charge on any atom is 0.161 e. The van der Waals surface area contributed by atoms with Crippen LogP contribution in [0.2, 0.25) is 0 Å². The van der Waals surface area contributed by atoms with Crippen LogP contribution in [0, 0.1) is 11.3 Å². The first-order valence-electron chi connectivity index (χ1n) is 7.58. The van der Waals surface area contributed by atoms with E-state index >= 15 is 0 Å². The molecule has 0 saturated heterocycles. The molecule has 0 N–H and O–H groups in total. The van der Waals surface area contributed by atoms with Gasteiger partial charge in [0.1, 0.15) is 0 Å². The van der Waals surface area contributed by atoms with E-state index in [1.807, 2.05) is 36.4 Å². The van der Waals surface area contributed by atoms with Gasteiger partial charge >= 0.3 is 0 Å². The van der Waals surface area contributed by atoms with Crippen LogP contribution in [-0.2, 0) is 0 Å². The molecule has 3 rings (SSSR count). The van der Waals surface area contributed by atoms with Crippen LogP contribution in [-0.4, -0.2) is 14.2 Å². The van der Waals surface area contributed by atoms with Gasteiger partial charge in [0.2, 0.25) is 0 Å². The van der Waals surface area contributed by atoms with Crippen LogP contribution in [0.15, 0.2) is 66.7 Å². The van der Waals surface area contributed by atoms with Crippen molar-refractivity contribution < 1.29 is 9.47 Å². The maximum absolute atomic E-state index is 9.22. The zero-order valence-corrected chi connectivity index (χ0v) is 13.6. The Bertz CT molecular complexity index is 951. The number of hydrogen-bond donors (Lipinski definition) is 0. The first-order chi connectivity index (χ1) is 11.8. The van der Waals surface area contributed by atoms with Gasteiger partial charge in [0.15, 0.2) is 11.5 Å². The largest absolute Gasteiger partial charge is 0.493 e. The fraction of sp³-hybridized carbons (Fsp3) is 0.0952. The molecule has 3 aromatic rings. The predicted molar refractivity (Wildman–Crippen MR) is 96.2 cm³/mol. The van der Waals surface area contributed by atoms with Gasteiger partial charge in [-0.2, -0.15) is 5.26 Å². The SMILES string of the molecule is COc1ccc(C(=CC#N)c2ccc3ccccc3c2)cc1OC. The minimum atomic E-state index is 0.639. The Morgan fingerprint density at radius 3 is 2.21 bits per heavy atom. The number of methoxy groups -OCH3 is 2. The summed E-state index contributed by atoms with van der Waals surface area (Å²) in [6.07, 6.45) is 1.56. The number of rotatable bonds is 4. The van der Waals surface area contributed by atoms with Crippen molar-refractivity contribution in [1.29, 1.82) is 5.26 Å². The minimum absolute atomic E-state index is 0.639. The van der Waals surface area contributed by atoms with Crippen molar-refractivity contribution >= 4 is 16.3 Å². The highest BCUT2D eigenvalue weighted by atomic mass is 16.5. The van der Waals surface area contributed by atoms with Crippen LogP contribution < -0.4 is 9.47 Å². The number of benzene rings is 3. The van der Waals surface area contributed by atoms with Gasteiger partial charge < -0.3 is 9.47 Å². The number of nitriles is 1. The molecule has 0 aliphatic heterocycles. The average molecular weight is 315 g/mol. The van der Waals surface area contributed by atoms with Gasteiger partial charge in [0.25, 0.3) is 0 Å². The summed E-state index contributed by atoms with van der Waals surface area (Å²) in [4.78, 5) is 0. The number of nitrogens with zero attached hydrogens (tertiary/aromatic N) is 1. The Kier molecular flexibility index (Phi) is 4.49. The van der Waals surface area contributed by atoms with E-state index in [-0.39, 0.29) is 0 Å². The molecule has 0 unspecified atom stereocenters. The second kappa shape index (κ2) is 6.89. The molecule has 3 heteroatoms. The Balaban J connectivity index is 2.13. The number of hydrogen-bond acceptors (Lipinski definition) is 3. The summed E-state index contributed by atoms with van der Waals surface area (Å²) in [5, 5.41) is 11.5. The van der Waals surface area contributed by atoms with Crippen molar-refractivity contribution in [3.05, 3.63) is 77.9 Å². The molecule has 0 heterocycles. The Hall–Kier alpha value is -3.25. The molecule has 118 valence electrons. The van der Waals surface area contributed by atoms with Gasteiger partial charge in [-0.25, -0.2) is 0 Å². The van der Waals surface area contributed by atoms with E-state index in [4.69, 9.17) is 9.47 Å². The van der Waals surface area contributed by atoms with E-state index in [2.05, 4.69) is 30.3 Å². The van der Waals surface area contributed by atoms with E-state index in [1.165, 1.54) is 5.39 Å². The smallest absolute Gasteiger partial charge is 0.161 e. The van der Waals surface area contributed by atoms with Gasteiger partial charge in [-0.1, -0.05) is 42.5 Å². The van der Waals surface area contributed by atoms with Crippen molar-refractivity contribution in [3.63, 3.8) is 0 Å².